The van der Waals surface area contributed by atoms with Crippen LogP contribution in [0.15, 0.2) is 30.6 Å². The number of anilines is 1. The van der Waals surface area contributed by atoms with Crippen LogP contribution in [0.2, 0.25) is 24.7 Å². The van der Waals surface area contributed by atoms with E-state index in [9.17, 15) is 0 Å². The Labute approximate surface area is 145 Å². The molecule has 0 aliphatic rings. The van der Waals surface area contributed by atoms with E-state index < -0.39 is 8.07 Å². The van der Waals surface area contributed by atoms with Gasteiger partial charge in [0.15, 0.2) is 5.82 Å². The Morgan fingerprint density at radius 3 is 2.30 bits per heavy atom. The normalized spacial score (nSPS) is 11.6. The molecule has 5 heteroatoms. The van der Waals surface area contributed by atoms with Crippen molar-refractivity contribution in [2.24, 2.45) is 0 Å². The van der Waals surface area contributed by atoms with Crippen LogP contribution in [-0.2, 0) is 12.8 Å². The van der Waals surface area contributed by atoms with Gasteiger partial charge in [0.2, 0.25) is 0 Å². The molecule has 0 saturated heterocycles. The van der Waals surface area contributed by atoms with Crippen molar-refractivity contribution in [1.29, 1.82) is 0 Å². The molecule has 0 fully saturated rings. The number of halogens is 1. The molecule has 2 aromatic rings. The number of nitrogens with zero attached hydrogens (tertiary/aromatic N) is 3. The van der Waals surface area contributed by atoms with Gasteiger partial charge in [-0.2, -0.15) is 0 Å². The average molecular weight is 348 g/mol. The van der Waals surface area contributed by atoms with E-state index in [2.05, 4.69) is 65.7 Å². The topological polar surface area (TPSA) is 29.0 Å². The second kappa shape index (κ2) is 7.45. The van der Waals surface area contributed by atoms with E-state index in [0.29, 0.717) is 5.02 Å². The van der Waals surface area contributed by atoms with Crippen LogP contribution in [0.3, 0.4) is 0 Å². The molecule has 0 atom stereocenters. The molecule has 0 N–H and O–H groups in total. The van der Waals surface area contributed by atoms with E-state index in [1.807, 2.05) is 7.05 Å². The molecule has 23 heavy (non-hydrogen) atoms. The van der Waals surface area contributed by atoms with Crippen molar-refractivity contribution in [2.75, 3.05) is 18.5 Å². The van der Waals surface area contributed by atoms with Crippen molar-refractivity contribution in [3.63, 3.8) is 0 Å². The summed E-state index contributed by atoms with van der Waals surface area (Å²) in [7, 11) is 0.815. The maximum absolute atomic E-state index is 6.39. The lowest BCUT2D eigenvalue weighted by Crippen LogP contribution is -2.37. The van der Waals surface area contributed by atoms with Gasteiger partial charge < -0.3 is 4.90 Å². The van der Waals surface area contributed by atoms with Crippen molar-refractivity contribution in [3.8, 4) is 0 Å². The number of hydrogen-bond acceptors (Lipinski definition) is 3. The summed E-state index contributed by atoms with van der Waals surface area (Å²) in [6, 6.07) is 9.07. The molecule has 0 aliphatic heterocycles. The lowest BCUT2D eigenvalue weighted by molar-refractivity contribution is 0.849. The lowest BCUT2D eigenvalue weighted by Gasteiger charge is -2.20. The highest BCUT2D eigenvalue weighted by Gasteiger charge is 2.16. The van der Waals surface area contributed by atoms with E-state index >= 15 is 0 Å². The lowest BCUT2D eigenvalue weighted by atomic mass is 10.1. The fourth-order valence-electron chi connectivity index (χ4n) is 2.48. The summed E-state index contributed by atoms with van der Waals surface area (Å²) in [6.45, 7) is 10.1. The number of rotatable bonds is 6. The number of likely N-dealkylation sites (N-methyl/N-ethyl adjacent to an activating group) is 1. The summed E-state index contributed by atoms with van der Waals surface area (Å²) in [4.78, 5) is 10.7. The Hall–Kier alpha value is -1.39. The summed E-state index contributed by atoms with van der Waals surface area (Å²) in [5.41, 5.74) is 2.25. The smallest absolute Gasteiger partial charge is 0.150 e. The van der Waals surface area contributed by atoms with Gasteiger partial charge in [-0.15, -0.1) is 0 Å². The number of aromatic nitrogens is 2. The van der Waals surface area contributed by atoms with Gasteiger partial charge in [-0.1, -0.05) is 67.6 Å². The van der Waals surface area contributed by atoms with Gasteiger partial charge in [0.05, 0.1) is 13.8 Å². The zero-order valence-corrected chi connectivity index (χ0v) is 16.5. The molecule has 1 aromatic heterocycles. The van der Waals surface area contributed by atoms with Crippen molar-refractivity contribution in [2.45, 2.75) is 39.4 Å². The second-order valence-electron chi connectivity index (χ2n) is 6.93. The Balaban J connectivity index is 2.03. The maximum Gasteiger partial charge on any atom is 0.150 e. The Morgan fingerprint density at radius 2 is 1.74 bits per heavy atom. The zero-order chi connectivity index (χ0) is 17.0. The van der Waals surface area contributed by atoms with Gasteiger partial charge in [0, 0.05) is 13.6 Å². The maximum atomic E-state index is 6.39. The Bertz CT molecular complexity index is 650. The third-order valence-electron chi connectivity index (χ3n) is 4.10. The highest BCUT2D eigenvalue weighted by molar-refractivity contribution is 6.88. The first-order valence-electron chi connectivity index (χ1n) is 8.13. The summed E-state index contributed by atoms with van der Waals surface area (Å²) < 4.78 is 0. The third-order valence-corrected chi connectivity index (χ3v) is 6.55. The fourth-order valence-corrected chi connectivity index (χ4v) is 4.02. The quantitative estimate of drug-likeness (QED) is 0.742. The predicted molar refractivity (Wildman–Crippen MR) is 103 cm³/mol. The molecule has 0 aliphatic carbocycles. The minimum absolute atomic E-state index is 0.673. The van der Waals surface area contributed by atoms with Crippen LogP contribution < -0.4 is 10.1 Å². The summed E-state index contributed by atoms with van der Waals surface area (Å²) in [5.74, 6) is 0.817. The van der Waals surface area contributed by atoms with Crippen LogP contribution in [-0.4, -0.2) is 31.6 Å². The Morgan fingerprint density at radius 1 is 1.09 bits per heavy atom. The first kappa shape index (κ1) is 18.0. The zero-order valence-electron chi connectivity index (χ0n) is 14.7. The van der Waals surface area contributed by atoms with E-state index in [0.717, 1.165) is 30.9 Å². The van der Waals surface area contributed by atoms with Crippen LogP contribution in [0, 0.1) is 0 Å². The Kier molecular flexibility index (Phi) is 5.82. The van der Waals surface area contributed by atoms with E-state index in [-0.39, 0.29) is 0 Å². The second-order valence-corrected chi connectivity index (χ2v) is 12.4. The highest BCUT2D eigenvalue weighted by atomic mass is 35.5. The molecule has 0 unspecified atom stereocenters. The van der Waals surface area contributed by atoms with Crippen molar-refractivity contribution >= 4 is 30.7 Å². The molecule has 0 bridgehead atoms. The van der Waals surface area contributed by atoms with Gasteiger partial charge in [-0.05, 0) is 18.4 Å². The van der Waals surface area contributed by atoms with E-state index in [4.69, 9.17) is 11.6 Å². The molecule has 0 saturated carbocycles. The molecule has 124 valence electrons. The number of benzene rings is 1. The van der Waals surface area contributed by atoms with Crippen LogP contribution in [0.1, 0.15) is 18.2 Å². The summed E-state index contributed by atoms with van der Waals surface area (Å²) in [6.07, 6.45) is 3.39. The van der Waals surface area contributed by atoms with Gasteiger partial charge in [0.25, 0.3) is 0 Å². The molecule has 3 nitrogen and oxygen atoms in total. The van der Waals surface area contributed by atoms with Gasteiger partial charge in [-0.25, -0.2) is 9.97 Å². The highest BCUT2D eigenvalue weighted by Crippen LogP contribution is 2.25. The molecule has 0 amide bonds. The molecule has 1 aromatic carbocycles. The minimum Gasteiger partial charge on any atom is -0.358 e. The summed E-state index contributed by atoms with van der Waals surface area (Å²) >= 11 is 6.39. The first-order valence-corrected chi connectivity index (χ1v) is 12.0. The molecule has 1 heterocycles. The van der Waals surface area contributed by atoms with Crippen LogP contribution >= 0.6 is 11.6 Å². The number of aryl methyl sites for hydroxylation is 1. The van der Waals surface area contributed by atoms with Gasteiger partial charge in [-0.3, -0.25) is 0 Å². The minimum atomic E-state index is -1.22. The standard InChI is InChI=1S/C18H26ClN3Si/c1-6-16-17(19)18(21-13-20-16)22(2)12-11-14-7-9-15(10-8-14)23(3,4)5/h7-10,13H,6,11-12H2,1-5H3. The molecular weight excluding hydrogens is 322 g/mol. The molecular formula is C18H26ClN3Si. The van der Waals surface area contributed by atoms with Crippen molar-refractivity contribution in [1.82, 2.24) is 9.97 Å². The predicted octanol–water partition coefficient (Wildman–Crippen LogP) is 3.92. The summed E-state index contributed by atoms with van der Waals surface area (Å²) in [5, 5.41) is 2.17. The fraction of sp³-hybridized carbons (Fsp3) is 0.444. The van der Waals surface area contributed by atoms with Gasteiger partial charge in [0.1, 0.15) is 11.3 Å². The number of hydrogen-bond donors (Lipinski definition) is 0. The molecule has 0 spiro atoms. The SMILES string of the molecule is CCc1ncnc(N(C)CCc2ccc([Si](C)(C)C)cc2)c1Cl. The molecule has 2 rings (SSSR count). The van der Waals surface area contributed by atoms with E-state index in [1.165, 1.54) is 10.8 Å². The van der Waals surface area contributed by atoms with Crippen LogP contribution in [0.5, 0.6) is 0 Å². The third kappa shape index (κ3) is 4.55. The average Bonchev–Trinajstić information content (AvgIpc) is 2.52. The largest absolute Gasteiger partial charge is 0.358 e. The van der Waals surface area contributed by atoms with Crippen molar-refractivity contribution < 1.29 is 0 Å². The van der Waals surface area contributed by atoms with Crippen LogP contribution in [0.4, 0.5) is 5.82 Å². The first-order chi connectivity index (χ1) is 10.8. The van der Waals surface area contributed by atoms with E-state index in [1.54, 1.807) is 6.33 Å². The molecule has 0 radical (unpaired) electrons. The van der Waals surface area contributed by atoms with Crippen LogP contribution in [0.25, 0.3) is 0 Å². The van der Waals surface area contributed by atoms with Gasteiger partial charge >= 0.3 is 0 Å². The van der Waals surface area contributed by atoms with Crippen molar-refractivity contribution in [3.05, 3.63) is 46.9 Å². The monoisotopic (exact) mass is 347 g/mol.